The number of hydrogen-bond acceptors (Lipinski definition) is 4. The van der Waals surface area contributed by atoms with Crippen LogP contribution in [-0.4, -0.2) is 7.11 Å². The van der Waals surface area contributed by atoms with Crippen molar-refractivity contribution in [3.8, 4) is 16.2 Å². The number of benzene rings is 1. The first kappa shape index (κ1) is 12.0. The Hall–Kier alpha value is -2.07. The number of thiophene rings is 1. The van der Waals surface area contributed by atoms with E-state index in [-0.39, 0.29) is 5.63 Å². The van der Waals surface area contributed by atoms with Crippen molar-refractivity contribution in [1.82, 2.24) is 0 Å². The van der Waals surface area contributed by atoms with Gasteiger partial charge < -0.3 is 9.15 Å². The molecule has 96 valence electrons. The summed E-state index contributed by atoms with van der Waals surface area (Å²) in [5.74, 6) is 0.751. The molecule has 0 saturated carbocycles. The van der Waals surface area contributed by atoms with E-state index in [1.165, 1.54) is 11.3 Å². The summed E-state index contributed by atoms with van der Waals surface area (Å²) in [6.07, 6.45) is 0. The third kappa shape index (κ3) is 1.94. The second kappa shape index (κ2) is 4.55. The highest BCUT2D eigenvalue weighted by atomic mass is 32.1. The zero-order chi connectivity index (χ0) is 13.4. The molecule has 0 aliphatic rings. The summed E-state index contributed by atoms with van der Waals surface area (Å²) >= 11 is 1.53. The largest absolute Gasteiger partial charge is 0.497 e. The van der Waals surface area contributed by atoms with Crippen LogP contribution in [0.1, 0.15) is 5.56 Å². The zero-order valence-corrected chi connectivity index (χ0v) is 11.4. The first-order valence-electron chi connectivity index (χ1n) is 5.86. The second-order valence-electron chi connectivity index (χ2n) is 4.23. The van der Waals surface area contributed by atoms with Crippen LogP contribution in [0.5, 0.6) is 5.75 Å². The SMILES string of the molecule is COc1ccc2oc(=O)c(-c3cccs3)c(C)c2c1. The lowest BCUT2D eigenvalue weighted by Crippen LogP contribution is -2.05. The summed E-state index contributed by atoms with van der Waals surface area (Å²) in [6.45, 7) is 1.94. The molecule has 0 spiro atoms. The number of fused-ring (bicyclic) bond motifs is 1. The van der Waals surface area contributed by atoms with Crippen LogP contribution >= 0.6 is 11.3 Å². The standard InChI is InChI=1S/C15H12O3S/c1-9-11-8-10(17-2)5-6-12(11)18-15(16)14(9)13-4-3-7-19-13/h3-8H,1-2H3. The van der Waals surface area contributed by atoms with Crippen molar-refractivity contribution >= 4 is 22.3 Å². The van der Waals surface area contributed by atoms with Crippen molar-refractivity contribution in [2.24, 2.45) is 0 Å². The highest BCUT2D eigenvalue weighted by molar-refractivity contribution is 7.13. The minimum Gasteiger partial charge on any atom is -0.497 e. The summed E-state index contributed by atoms with van der Waals surface area (Å²) in [4.78, 5) is 13.0. The van der Waals surface area contributed by atoms with Crippen LogP contribution < -0.4 is 10.4 Å². The normalized spacial score (nSPS) is 10.8. The molecule has 19 heavy (non-hydrogen) atoms. The van der Waals surface area contributed by atoms with Crippen molar-refractivity contribution < 1.29 is 9.15 Å². The fraction of sp³-hybridized carbons (Fsp3) is 0.133. The van der Waals surface area contributed by atoms with Crippen molar-refractivity contribution in [2.75, 3.05) is 7.11 Å². The Bertz CT molecular complexity index is 785. The van der Waals surface area contributed by atoms with E-state index in [2.05, 4.69) is 0 Å². The minimum atomic E-state index is -0.294. The number of rotatable bonds is 2. The summed E-state index contributed by atoms with van der Waals surface area (Å²) in [5, 5.41) is 2.85. The van der Waals surface area contributed by atoms with Gasteiger partial charge in [0, 0.05) is 10.3 Å². The third-order valence-corrected chi connectivity index (χ3v) is 4.03. The monoisotopic (exact) mass is 272 g/mol. The Morgan fingerprint density at radius 3 is 2.79 bits per heavy atom. The van der Waals surface area contributed by atoms with Gasteiger partial charge in [-0.05, 0) is 42.1 Å². The van der Waals surface area contributed by atoms with E-state index in [4.69, 9.17) is 9.15 Å². The van der Waals surface area contributed by atoms with Gasteiger partial charge >= 0.3 is 5.63 Å². The van der Waals surface area contributed by atoms with E-state index in [1.54, 1.807) is 19.2 Å². The van der Waals surface area contributed by atoms with Crippen molar-refractivity contribution in [1.29, 1.82) is 0 Å². The molecule has 3 aromatic rings. The molecule has 2 aromatic heterocycles. The maximum Gasteiger partial charge on any atom is 0.345 e. The number of methoxy groups -OCH3 is 1. The Balaban J connectivity index is 2.38. The Kier molecular flexibility index (Phi) is 2.87. The molecular formula is C15H12O3S. The molecule has 0 aliphatic carbocycles. The Morgan fingerprint density at radius 1 is 1.26 bits per heavy atom. The van der Waals surface area contributed by atoms with Crippen molar-refractivity contribution in [3.05, 3.63) is 51.7 Å². The van der Waals surface area contributed by atoms with Crippen LogP contribution in [0.3, 0.4) is 0 Å². The third-order valence-electron chi connectivity index (χ3n) is 3.14. The van der Waals surface area contributed by atoms with Gasteiger partial charge in [0.25, 0.3) is 0 Å². The smallest absolute Gasteiger partial charge is 0.345 e. The van der Waals surface area contributed by atoms with Crippen LogP contribution in [0.25, 0.3) is 21.4 Å². The highest BCUT2D eigenvalue weighted by Gasteiger charge is 2.14. The molecule has 0 atom stereocenters. The molecule has 0 amide bonds. The fourth-order valence-electron chi connectivity index (χ4n) is 2.16. The molecule has 0 unspecified atom stereocenters. The van der Waals surface area contributed by atoms with Gasteiger partial charge in [-0.2, -0.15) is 0 Å². The van der Waals surface area contributed by atoms with E-state index < -0.39 is 0 Å². The Morgan fingerprint density at radius 2 is 2.11 bits per heavy atom. The predicted molar refractivity (Wildman–Crippen MR) is 77.1 cm³/mol. The lowest BCUT2D eigenvalue weighted by atomic mass is 10.0. The summed E-state index contributed by atoms with van der Waals surface area (Å²) < 4.78 is 10.6. The molecule has 0 aliphatic heterocycles. The first-order valence-corrected chi connectivity index (χ1v) is 6.74. The van der Waals surface area contributed by atoms with Gasteiger partial charge in [-0.1, -0.05) is 6.07 Å². The van der Waals surface area contributed by atoms with Gasteiger partial charge in [-0.3, -0.25) is 0 Å². The summed E-state index contributed by atoms with van der Waals surface area (Å²) in [6, 6.07) is 9.30. The topological polar surface area (TPSA) is 39.4 Å². The molecule has 1 aromatic carbocycles. The van der Waals surface area contributed by atoms with Gasteiger partial charge in [-0.25, -0.2) is 4.79 Å². The molecule has 0 fully saturated rings. The molecule has 4 heteroatoms. The number of hydrogen-bond donors (Lipinski definition) is 0. The molecule has 0 N–H and O–H groups in total. The van der Waals surface area contributed by atoms with E-state index in [9.17, 15) is 4.79 Å². The molecule has 3 nitrogen and oxygen atoms in total. The summed E-state index contributed by atoms with van der Waals surface area (Å²) in [7, 11) is 1.62. The molecular weight excluding hydrogens is 260 g/mol. The number of aryl methyl sites for hydroxylation is 1. The van der Waals surface area contributed by atoms with Crippen LogP contribution in [0.2, 0.25) is 0 Å². The minimum absolute atomic E-state index is 0.294. The fourth-order valence-corrected chi connectivity index (χ4v) is 2.98. The molecule has 0 saturated heterocycles. The van der Waals surface area contributed by atoms with E-state index >= 15 is 0 Å². The molecule has 2 heterocycles. The first-order chi connectivity index (χ1) is 9.20. The predicted octanol–water partition coefficient (Wildman–Crippen LogP) is 3.84. The van der Waals surface area contributed by atoms with Crippen LogP contribution in [0.4, 0.5) is 0 Å². The summed E-state index contributed by atoms with van der Waals surface area (Å²) in [5.41, 5.74) is 1.85. The van der Waals surface area contributed by atoms with Crippen LogP contribution in [0, 0.1) is 6.92 Å². The van der Waals surface area contributed by atoms with Crippen LogP contribution in [0.15, 0.2) is 44.9 Å². The highest BCUT2D eigenvalue weighted by Crippen LogP contribution is 2.31. The van der Waals surface area contributed by atoms with Gasteiger partial charge in [-0.15, -0.1) is 11.3 Å². The molecule has 0 radical (unpaired) electrons. The van der Waals surface area contributed by atoms with Crippen molar-refractivity contribution in [2.45, 2.75) is 6.92 Å². The lowest BCUT2D eigenvalue weighted by Gasteiger charge is -2.07. The van der Waals surface area contributed by atoms with Gasteiger partial charge in [0.05, 0.1) is 12.7 Å². The van der Waals surface area contributed by atoms with Gasteiger partial charge in [0.2, 0.25) is 0 Å². The maximum atomic E-state index is 12.1. The Labute approximate surface area is 114 Å². The zero-order valence-electron chi connectivity index (χ0n) is 10.6. The maximum absolute atomic E-state index is 12.1. The van der Waals surface area contributed by atoms with E-state index in [0.29, 0.717) is 11.1 Å². The quantitative estimate of drug-likeness (QED) is 0.665. The van der Waals surface area contributed by atoms with Gasteiger partial charge in [0.1, 0.15) is 11.3 Å². The van der Waals surface area contributed by atoms with Gasteiger partial charge in [0.15, 0.2) is 0 Å². The van der Waals surface area contributed by atoms with E-state index in [1.807, 2.05) is 30.5 Å². The second-order valence-corrected chi connectivity index (χ2v) is 5.18. The average Bonchev–Trinajstić information content (AvgIpc) is 2.92. The van der Waals surface area contributed by atoms with Crippen LogP contribution in [-0.2, 0) is 0 Å². The van der Waals surface area contributed by atoms with Crippen molar-refractivity contribution in [3.63, 3.8) is 0 Å². The lowest BCUT2D eigenvalue weighted by molar-refractivity contribution is 0.415. The number of ether oxygens (including phenoxy) is 1. The molecule has 3 rings (SSSR count). The average molecular weight is 272 g/mol. The molecule has 0 bridgehead atoms. The van der Waals surface area contributed by atoms with E-state index in [0.717, 1.165) is 21.6 Å².